The van der Waals surface area contributed by atoms with Crippen LogP contribution in [0.25, 0.3) is 0 Å². The molecule has 2 aliphatic rings. The zero-order valence-corrected chi connectivity index (χ0v) is 9.23. The standard InChI is InChI=1S/C12H15N3O/c1-7-6-13-15-11(7)14-12(16)10-5-8-2-3-9(10)4-8/h2-3,6,8-10H,4-5H2,1H3,(H2,13,14,15,16). The Hall–Kier alpha value is -1.58. The molecule has 16 heavy (non-hydrogen) atoms. The molecule has 3 atom stereocenters. The van der Waals surface area contributed by atoms with Crippen LogP contribution in [0.15, 0.2) is 18.3 Å². The van der Waals surface area contributed by atoms with E-state index in [1.807, 2.05) is 6.92 Å². The summed E-state index contributed by atoms with van der Waals surface area (Å²) in [5.41, 5.74) is 0.979. The maximum absolute atomic E-state index is 12.1. The van der Waals surface area contributed by atoms with Gasteiger partial charge in [0.1, 0.15) is 5.82 Å². The van der Waals surface area contributed by atoms with Gasteiger partial charge in [0.05, 0.1) is 6.20 Å². The van der Waals surface area contributed by atoms with Gasteiger partial charge in [-0.25, -0.2) is 0 Å². The molecule has 1 aromatic heterocycles. The highest BCUT2D eigenvalue weighted by Gasteiger charge is 2.39. The summed E-state index contributed by atoms with van der Waals surface area (Å²) in [6.45, 7) is 1.93. The third-order valence-electron chi connectivity index (χ3n) is 3.69. The van der Waals surface area contributed by atoms with E-state index in [1.165, 1.54) is 0 Å². The zero-order valence-electron chi connectivity index (χ0n) is 9.23. The van der Waals surface area contributed by atoms with Crippen molar-refractivity contribution in [1.82, 2.24) is 10.2 Å². The lowest BCUT2D eigenvalue weighted by Gasteiger charge is -2.17. The number of hydrogen-bond donors (Lipinski definition) is 2. The van der Waals surface area contributed by atoms with Crippen molar-refractivity contribution in [2.45, 2.75) is 19.8 Å². The molecule has 84 valence electrons. The van der Waals surface area contributed by atoms with Crippen molar-refractivity contribution in [2.24, 2.45) is 17.8 Å². The predicted octanol–water partition coefficient (Wildman–Crippen LogP) is 1.87. The Balaban J connectivity index is 1.71. The Morgan fingerprint density at radius 1 is 1.50 bits per heavy atom. The van der Waals surface area contributed by atoms with Gasteiger partial charge in [-0.3, -0.25) is 9.89 Å². The lowest BCUT2D eigenvalue weighted by atomic mass is 9.93. The lowest BCUT2D eigenvalue weighted by molar-refractivity contribution is -0.120. The molecule has 0 aliphatic heterocycles. The third-order valence-corrected chi connectivity index (χ3v) is 3.69. The lowest BCUT2D eigenvalue weighted by Crippen LogP contribution is -2.26. The molecule has 0 radical (unpaired) electrons. The number of H-pyrrole nitrogens is 1. The molecule has 2 N–H and O–H groups in total. The smallest absolute Gasteiger partial charge is 0.229 e. The van der Waals surface area contributed by atoms with Gasteiger partial charge in [-0.2, -0.15) is 5.10 Å². The van der Waals surface area contributed by atoms with Crippen LogP contribution in [0.1, 0.15) is 18.4 Å². The Morgan fingerprint density at radius 3 is 2.94 bits per heavy atom. The SMILES string of the molecule is Cc1cn[nH]c1NC(=O)C1CC2C=CC1C2. The number of hydrogen-bond acceptors (Lipinski definition) is 2. The summed E-state index contributed by atoms with van der Waals surface area (Å²) >= 11 is 0. The normalized spacial score (nSPS) is 30.9. The number of aromatic amines is 1. The fraction of sp³-hybridized carbons (Fsp3) is 0.500. The highest BCUT2D eigenvalue weighted by molar-refractivity contribution is 5.93. The Bertz CT molecular complexity index is 449. The molecule has 3 unspecified atom stereocenters. The molecule has 2 bridgehead atoms. The number of fused-ring (bicyclic) bond motifs is 2. The van der Waals surface area contributed by atoms with Crippen molar-refractivity contribution in [3.05, 3.63) is 23.9 Å². The van der Waals surface area contributed by atoms with E-state index >= 15 is 0 Å². The van der Waals surface area contributed by atoms with Crippen LogP contribution in [0.4, 0.5) is 5.82 Å². The molecule has 4 nitrogen and oxygen atoms in total. The van der Waals surface area contributed by atoms with Gasteiger partial charge in [-0.1, -0.05) is 12.2 Å². The number of allylic oxidation sites excluding steroid dienone is 2. The maximum atomic E-state index is 12.1. The molecule has 1 aromatic rings. The van der Waals surface area contributed by atoms with Crippen molar-refractivity contribution in [2.75, 3.05) is 5.32 Å². The summed E-state index contributed by atoms with van der Waals surface area (Å²) in [7, 11) is 0. The number of carbonyl (C=O) groups excluding carboxylic acids is 1. The molecular weight excluding hydrogens is 202 g/mol. The van der Waals surface area contributed by atoms with E-state index < -0.39 is 0 Å². The van der Waals surface area contributed by atoms with Crippen molar-refractivity contribution < 1.29 is 4.79 Å². The second-order valence-electron chi connectivity index (χ2n) is 4.80. The first-order chi connectivity index (χ1) is 7.74. The van der Waals surface area contributed by atoms with E-state index in [9.17, 15) is 4.79 Å². The van der Waals surface area contributed by atoms with Crippen LogP contribution >= 0.6 is 0 Å². The summed E-state index contributed by atoms with van der Waals surface area (Å²) in [5, 5.41) is 9.63. The number of nitrogens with zero attached hydrogens (tertiary/aromatic N) is 1. The van der Waals surface area contributed by atoms with Gasteiger partial charge in [-0.15, -0.1) is 0 Å². The minimum Gasteiger partial charge on any atom is -0.311 e. The summed E-state index contributed by atoms with van der Waals surface area (Å²) in [4.78, 5) is 12.1. The molecule has 1 amide bonds. The summed E-state index contributed by atoms with van der Waals surface area (Å²) in [6, 6.07) is 0. The van der Waals surface area contributed by atoms with Gasteiger partial charge >= 0.3 is 0 Å². The Morgan fingerprint density at radius 2 is 2.38 bits per heavy atom. The van der Waals surface area contributed by atoms with E-state index in [0.717, 1.165) is 24.2 Å². The van der Waals surface area contributed by atoms with Gasteiger partial charge in [0.15, 0.2) is 0 Å². The maximum Gasteiger partial charge on any atom is 0.229 e. The van der Waals surface area contributed by atoms with Crippen molar-refractivity contribution in [1.29, 1.82) is 0 Å². The van der Waals surface area contributed by atoms with Gasteiger partial charge < -0.3 is 5.32 Å². The predicted molar refractivity (Wildman–Crippen MR) is 60.8 cm³/mol. The van der Waals surface area contributed by atoms with E-state index in [2.05, 4.69) is 27.7 Å². The average Bonchev–Trinajstić information content (AvgIpc) is 2.95. The number of aromatic nitrogens is 2. The Labute approximate surface area is 94.1 Å². The summed E-state index contributed by atoms with van der Waals surface area (Å²) in [5.74, 6) is 2.09. The fourth-order valence-electron chi connectivity index (χ4n) is 2.77. The first-order valence-corrected chi connectivity index (χ1v) is 5.73. The van der Waals surface area contributed by atoms with E-state index in [-0.39, 0.29) is 11.8 Å². The Kier molecular flexibility index (Phi) is 2.09. The van der Waals surface area contributed by atoms with E-state index in [1.54, 1.807) is 6.20 Å². The van der Waals surface area contributed by atoms with Gasteiger partial charge in [0.2, 0.25) is 5.91 Å². The summed E-state index contributed by atoms with van der Waals surface area (Å²) < 4.78 is 0. The highest BCUT2D eigenvalue weighted by Crippen LogP contribution is 2.43. The zero-order chi connectivity index (χ0) is 11.1. The quantitative estimate of drug-likeness (QED) is 0.743. The second kappa shape index (κ2) is 3.47. The number of rotatable bonds is 2. The number of anilines is 1. The van der Waals surface area contributed by atoms with Crippen molar-refractivity contribution >= 4 is 11.7 Å². The number of carbonyl (C=O) groups is 1. The molecule has 4 heteroatoms. The van der Waals surface area contributed by atoms with Crippen LogP contribution < -0.4 is 5.32 Å². The monoisotopic (exact) mass is 217 g/mol. The van der Waals surface area contributed by atoms with Crippen LogP contribution in [-0.4, -0.2) is 16.1 Å². The van der Waals surface area contributed by atoms with Crippen LogP contribution in [-0.2, 0) is 4.79 Å². The molecule has 0 aromatic carbocycles. The highest BCUT2D eigenvalue weighted by atomic mass is 16.2. The van der Waals surface area contributed by atoms with E-state index in [0.29, 0.717) is 11.8 Å². The fourth-order valence-corrected chi connectivity index (χ4v) is 2.77. The van der Waals surface area contributed by atoms with E-state index in [4.69, 9.17) is 0 Å². The second-order valence-corrected chi connectivity index (χ2v) is 4.80. The first-order valence-electron chi connectivity index (χ1n) is 5.73. The van der Waals surface area contributed by atoms with Crippen LogP contribution in [0.5, 0.6) is 0 Å². The molecule has 2 aliphatic carbocycles. The molecule has 1 fully saturated rings. The van der Waals surface area contributed by atoms with Gasteiger partial charge in [-0.05, 0) is 31.6 Å². The summed E-state index contributed by atoms with van der Waals surface area (Å²) in [6.07, 6.45) is 8.31. The largest absolute Gasteiger partial charge is 0.311 e. The molecule has 3 rings (SSSR count). The molecular formula is C12H15N3O. The number of nitrogens with one attached hydrogen (secondary N) is 2. The molecule has 1 heterocycles. The third kappa shape index (κ3) is 1.45. The van der Waals surface area contributed by atoms with Crippen LogP contribution in [0.2, 0.25) is 0 Å². The first kappa shape index (κ1) is 9.63. The van der Waals surface area contributed by atoms with Crippen molar-refractivity contribution in [3.63, 3.8) is 0 Å². The van der Waals surface area contributed by atoms with Gasteiger partial charge in [0, 0.05) is 11.5 Å². The molecule has 0 saturated heterocycles. The minimum atomic E-state index is 0.129. The average molecular weight is 217 g/mol. The molecule has 0 spiro atoms. The van der Waals surface area contributed by atoms with Crippen molar-refractivity contribution in [3.8, 4) is 0 Å². The topological polar surface area (TPSA) is 57.8 Å². The van der Waals surface area contributed by atoms with Crippen LogP contribution in [0.3, 0.4) is 0 Å². The molecule has 1 saturated carbocycles. The number of aryl methyl sites for hydroxylation is 1. The number of amides is 1. The minimum absolute atomic E-state index is 0.129. The van der Waals surface area contributed by atoms with Gasteiger partial charge in [0.25, 0.3) is 0 Å². The van der Waals surface area contributed by atoms with Crippen LogP contribution in [0, 0.1) is 24.7 Å².